The van der Waals surface area contributed by atoms with Crippen LogP contribution in [0.5, 0.6) is 11.5 Å². The summed E-state index contributed by atoms with van der Waals surface area (Å²) >= 11 is 0. The van der Waals surface area contributed by atoms with Gasteiger partial charge < -0.3 is 24.5 Å². The first-order valence-electron chi connectivity index (χ1n) is 9.26. The van der Waals surface area contributed by atoms with Gasteiger partial charge in [-0.15, -0.1) is 0 Å². The van der Waals surface area contributed by atoms with Crippen molar-refractivity contribution in [3.63, 3.8) is 0 Å². The molecule has 0 bridgehead atoms. The average molecular weight is 430 g/mol. The topological polar surface area (TPSA) is 89.8 Å². The fourth-order valence-electron chi connectivity index (χ4n) is 2.79. The Morgan fingerprint density at radius 3 is 2.42 bits per heavy atom. The number of carbonyl (C=O) groups excluding carboxylic acids is 2. The van der Waals surface area contributed by atoms with Gasteiger partial charge in [0, 0.05) is 11.3 Å². The van der Waals surface area contributed by atoms with E-state index in [-0.39, 0.29) is 11.5 Å². The number of nitrogens with one attached hydrogen (secondary N) is 2. The average Bonchev–Trinajstić information content (AvgIpc) is 3.29. The maximum Gasteiger partial charge on any atom is 0.387 e. The molecule has 3 rings (SSSR count). The number of hydrogen-bond donors (Lipinski definition) is 2. The number of anilines is 1. The molecule has 31 heavy (non-hydrogen) atoms. The summed E-state index contributed by atoms with van der Waals surface area (Å²) in [6.07, 6.45) is 1.35. The molecular weight excluding hydrogens is 410 g/mol. The highest BCUT2D eigenvalue weighted by Gasteiger charge is 2.19. The molecule has 0 aliphatic carbocycles. The minimum Gasteiger partial charge on any atom is -0.497 e. The quantitative estimate of drug-likeness (QED) is 0.556. The van der Waals surface area contributed by atoms with E-state index >= 15 is 0 Å². The number of alkyl halides is 2. The van der Waals surface area contributed by atoms with E-state index in [1.165, 1.54) is 44.6 Å². The number of rotatable bonds is 8. The third-order valence-electron chi connectivity index (χ3n) is 4.35. The zero-order valence-corrected chi connectivity index (χ0v) is 16.7. The minimum absolute atomic E-state index is 0.0441. The molecule has 7 nitrogen and oxygen atoms in total. The van der Waals surface area contributed by atoms with Gasteiger partial charge in [0.1, 0.15) is 17.5 Å². The third kappa shape index (κ3) is 5.59. The zero-order chi connectivity index (χ0) is 22.4. The molecule has 2 aromatic carbocycles. The number of ether oxygens (including phenoxy) is 2. The van der Waals surface area contributed by atoms with Crippen LogP contribution in [0.15, 0.2) is 65.3 Å². The van der Waals surface area contributed by atoms with E-state index in [0.717, 1.165) is 0 Å². The van der Waals surface area contributed by atoms with E-state index in [0.29, 0.717) is 22.6 Å². The summed E-state index contributed by atoms with van der Waals surface area (Å²) in [4.78, 5) is 24.5. The molecule has 0 radical (unpaired) electrons. The normalized spacial score (nSPS) is 11.6. The summed E-state index contributed by atoms with van der Waals surface area (Å²) in [6.45, 7) is -1.50. The third-order valence-corrected chi connectivity index (χ3v) is 4.35. The molecule has 0 aliphatic heterocycles. The van der Waals surface area contributed by atoms with Crippen LogP contribution >= 0.6 is 0 Å². The molecule has 0 unspecified atom stereocenters. The first kappa shape index (κ1) is 21.8. The second-order valence-electron chi connectivity index (χ2n) is 6.48. The van der Waals surface area contributed by atoms with Crippen LogP contribution in [0.2, 0.25) is 0 Å². The highest BCUT2D eigenvalue weighted by atomic mass is 19.3. The monoisotopic (exact) mass is 430 g/mol. The second kappa shape index (κ2) is 9.75. The molecule has 2 amide bonds. The van der Waals surface area contributed by atoms with Gasteiger partial charge in [0.05, 0.1) is 13.4 Å². The van der Waals surface area contributed by atoms with Crippen molar-refractivity contribution in [1.82, 2.24) is 5.32 Å². The Balaban J connectivity index is 1.79. The predicted octanol–water partition coefficient (Wildman–Crippen LogP) is 4.31. The summed E-state index contributed by atoms with van der Waals surface area (Å²) in [5, 5.41) is 5.17. The van der Waals surface area contributed by atoms with Gasteiger partial charge >= 0.3 is 6.61 Å². The van der Waals surface area contributed by atoms with Crippen molar-refractivity contribution in [3.8, 4) is 22.6 Å². The van der Waals surface area contributed by atoms with E-state index in [4.69, 9.17) is 9.15 Å². The smallest absolute Gasteiger partial charge is 0.387 e. The van der Waals surface area contributed by atoms with Crippen LogP contribution in [0.3, 0.4) is 0 Å². The van der Waals surface area contributed by atoms with Gasteiger partial charge in [0.2, 0.25) is 5.91 Å². The van der Waals surface area contributed by atoms with Gasteiger partial charge in [-0.2, -0.15) is 8.78 Å². The van der Waals surface area contributed by atoms with Crippen molar-refractivity contribution in [1.29, 1.82) is 0 Å². The van der Waals surface area contributed by atoms with Crippen LogP contribution in [-0.4, -0.2) is 31.6 Å². The van der Waals surface area contributed by atoms with E-state index < -0.39 is 24.5 Å². The number of amides is 2. The van der Waals surface area contributed by atoms with Crippen molar-refractivity contribution in [2.45, 2.75) is 19.6 Å². The maximum atomic E-state index is 12.8. The largest absolute Gasteiger partial charge is 0.497 e. The van der Waals surface area contributed by atoms with E-state index in [1.807, 2.05) is 0 Å². The molecule has 0 aliphatic rings. The van der Waals surface area contributed by atoms with Crippen molar-refractivity contribution in [2.24, 2.45) is 0 Å². The van der Waals surface area contributed by atoms with Crippen LogP contribution in [0.1, 0.15) is 17.5 Å². The lowest BCUT2D eigenvalue weighted by Gasteiger charge is -2.16. The molecule has 1 heterocycles. The Bertz CT molecular complexity index is 1040. The molecule has 0 saturated heterocycles. The van der Waals surface area contributed by atoms with Gasteiger partial charge in [0.25, 0.3) is 5.91 Å². The fraction of sp³-hybridized carbons (Fsp3) is 0.182. The van der Waals surface area contributed by atoms with Crippen LogP contribution in [-0.2, 0) is 4.79 Å². The lowest BCUT2D eigenvalue weighted by Crippen LogP contribution is -2.41. The van der Waals surface area contributed by atoms with Gasteiger partial charge in [-0.1, -0.05) is 12.1 Å². The number of carbonyl (C=O) groups is 2. The van der Waals surface area contributed by atoms with Gasteiger partial charge in [-0.25, -0.2) is 0 Å². The van der Waals surface area contributed by atoms with Crippen LogP contribution in [0.4, 0.5) is 14.5 Å². The Hall–Kier alpha value is -3.88. The van der Waals surface area contributed by atoms with Crippen molar-refractivity contribution in [3.05, 3.63) is 66.6 Å². The van der Waals surface area contributed by atoms with Crippen LogP contribution in [0, 0.1) is 0 Å². The molecule has 2 N–H and O–H groups in total. The molecule has 0 spiro atoms. The summed E-state index contributed by atoms with van der Waals surface area (Å²) in [7, 11) is 1.52. The van der Waals surface area contributed by atoms with E-state index in [2.05, 4.69) is 15.4 Å². The fourth-order valence-corrected chi connectivity index (χ4v) is 2.79. The standard InChI is InChI=1S/C22H20F2N2O5/c1-13(25-21(28)19-4-3-11-30-19)20(27)26-15-7-10-18(31-22(23)24)17(12-15)14-5-8-16(29-2)9-6-14/h3-13,22H,1-2H3,(H,25,28)(H,26,27)/t13-/m0/s1. The maximum absolute atomic E-state index is 12.8. The lowest BCUT2D eigenvalue weighted by atomic mass is 10.0. The molecule has 9 heteroatoms. The van der Waals surface area contributed by atoms with Gasteiger partial charge in [0.15, 0.2) is 5.76 Å². The highest BCUT2D eigenvalue weighted by molar-refractivity contribution is 6.00. The summed E-state index contributed by atoms with van der Waals surface area (Å²) in [5.74, 6) is -0.395. The molecule has 0 fully saturated rings. The second-order valence-corrected chi connectivity index (χ2v) is 6.48. The Kier molecular flexibility index (Phi) is 6.86. The Morgan fingerprint density at radius 2 is 1.81 bits per heavy atom. The molecule has 162 valence electrons. The van der Waals surface area contributed by atoms with Crippen LogP contribution in [0.25, 0.3) is 11.1 Å². The van der Waals surface area contributed by atoms with Crippen molar-refractivity contribution >= 4 is 17.5 Å². The van der Waals surface area contributed by atoms with Crippen LogP contribution < -0.4 is 20.1 Å². The van der Waals surface area contributed by atoms with Crippen molar-refractivity contribution in [2.75, 3.05) is 12.4 Å². The number of hydrogen-bond acceptors (Lipinski definition) is 5. The molecule has 3 aromatic rings. The van der Waals surface area contributed by atoms with Gasteiger partial charge in [-0.05, 0) is 55.0 Å². The molecule has 0 saturated carbocycles. The number of halogens is 2. The predicted molar refractivity (Wildman–Crippen MR) is 109 cm³/mol. The number of furan rings is 1. The molecule has 1 atom stereocenters. The van der Waals surface area contributed by atoms with Gasteiger partial charge in [-0.3, -0.25) is 9.59 Å². The first-order chi connectivity index (χ1) is 14.9. The number of methoxy groups -OCH3 is 1. The summed E-state index contributed by atoms with van der Waals surface area (Å²) < 4.78 is 40.4. The Labute approximate surface area is 177 Å². The SMILES string of the molecule is COc1ccc(-c2cc(NC(=O)[C@H](C)NC(=O)c3ccco3)ccc2OC(F)F)cc1. The summed E-state index contributed by atoms with van der Waals surface area (Å²) in [5.41, 5.74) is 1.29. The lowest BCUT2D eigenvalue weighted by molar-refractivity contribution is -0.117. The first-order valence-corrected chi connectivity index (χ1v) is 9.26. The molecular formula is C22H20F2N2O5. The van der Waals surface area contributed by atoms with E-state index in [9.17, 15) is 18.4 Å². The highest BCUT2D eigenvalue weighted by Crippen LogP contribution is 2.34. The zero-order valence-electron chi connectivity index (χ0n) is 16.7. The van der Waals surface area contributed by atoms with Crippen molar-refractivity contribution < 1.29 is 32.3 Å². The minimum atomic E-state index is -3.01. The number of benzene rings is 2. The summed E-state index contributed by atoms with van der Waals surface area (Å²) in [6, 6.07) is 13.2. The Morgan fingerprint density at radius 1 is 1.06 bits per heavy atom. The molecule has 1 aromatic heterocycles. The van der Waals surface area contributed by atoms with E-state index in [1.54, 1.807) is 30.3 Å².